The molecule has 148 valence electrons. The smallest absolute Gasteiger partial charge is 0.267 e. The molecule has 2 aromatic rings. The third-order valence-corrected chi connectivity index (χ3v) is 4.03. The van der Waals surface area contributed by atoms with Crippen LogP contribution < -0.4 is 27.6 Å². The fraction of sp³-hybridized carbons (Fsp3) is 0.211. The summed E-state index contributed by atoms with van der Waals surface area (Å²) >= 11 is 0. The molecule has 3 amide bonds. The Balaban J connectivity index is 2.00. The van der Waals surface area contributed by atoms with Gasteiger partial charge in [0, 0.05) is 18.7 Å². The molecule has 8 N–H and O–H groups in total. The third kappa shape index (κ3) is 5.88. The minimum absolute atomic E-state index is 0.121. The highest BCUT2D eigenvalue weighted by molar-refractivity contribution is 5.97. The van der Waals surface area contributed by atoms with Gasteiger partial charge in [0.1, 0.15) is 6.04 Å². The van der Waals surface area contributed by atoms with E-state index < -0.39 is 23.8 Å². The van der Waals surface area contributed by atoms with E-state index in [0.717, 1.165) is 16.7 Å². The third-order valence-electron chi connectivity index (χ3n) is 4.03. The SMILES string of the molecule is NC[C@H](NC(=O)c1ccc(-c2ccc(CNCC(N)=O)cc2)cc1)C(=O)NO. The first-order valence-corrected chi connectivity index (χ1v) is 8.58. The number of hydroxylamine groups is 1. The van der Waals surface area contributed by atoms with Gasteiger partial charge in [-0.25, -0.2) is 5.48 Å². The van der Waals surface area contributed by atoms with E-state index in [1.807, 2.05) is 24.3 Å². The maximum Gasteiger partial charge on any atom is 0.267 e. The summed E-state index contributed by atoms with van der Waals surface area (Å²) in [5.41, 5.74) is 15.2. The lowest BCUT2D eigenvalue weighted by molar-refractivity contribution is -0.130. The van der Waals surface area contributed by atoms with Gasteiger partial charge in [-0.1, -0.05) is 36.4 Å². The van der Waals surface area contributed by atoms with Gasteiger partial charge in [-0.05, 0) is 28.8 Å². The number of nitrogens with two attached hydrogens (primary N) is 2. The zero-order valence-electron chi connectivity index (χ0n) is 15.1. The van der Waals surface area contributed by atoms with Crippen LogP contribution in [0.3, 0.4) is 0 Å². The van der Waals surface area contributed by atoms with Gasteiger partial charge in [0.2, 0.25) is 5.91 Å². The molecule has 0 saturated carbocycles. The van der Waals surface area contributed by atoms with E-state index in [2.05, 4.69) is 10.6 Å². The Kier molecular flexibility index (Phi) is 7.64. The lowest BCUT2D eigenvalue weighted by Gasteiger charge is -2.14. The summed E-state index contributed by atoms with van der Waals surface area (Å²) in [5.74, 6) is -1.66. The topological polar surface area (TPSA) is 160 Å². The van der Waals surface area contributed by atoms with Crippen molar-refractivity contribution in [1.29, 1.82) is 0 Å². The first kappa shape index (κ1) is 21.0. The molecular weight excluding hydrogens is 362 g/mol. The fourth-order valence-electron chi connectivity index (χ4n) is 2.51. The lowest BCUT2D eigenvalue weighted by Crippen LogP contribution is -2.50. The van der Waals surface area contributed by atoms with Gasteiger partial charge in [-0.2, -0.15) is 0 Å². The molecule has 0 saturated heterocycles. The number of amides is 3. The number of carbonyl (C=O) groups excluding carboxylic acids is 3. The van der Waals surface area contributed by atoms with Crippen molar-refractivity contribution in [3.63, 3.8) is 0 Å². The number of carbonyl (C=O) groups is 3. The van der Waals surface area contributed by atoms with Gasteiger partial charge in [0.05, 0.1) is 6.54 Å². The Labute approximate surface area is 162 Å². The van der Waals surface area contributed by atoms with Crippen LogP contribution in [0.1, 0.15) is 15.9 Å². The van der Waals surface area contributed by atoms with Crippen molar-refractivity contribution in [1.82, 2.24) is 16.1 Å². The average Bonchev–Trinajstić information content (AvgIpc) is 2.71. The quantitative estimate of drug-likeness (QED) is 0.252. The van der Waals surface area contributed by atoms with E-state index in [0.29, 0.717) is 12.1 Å². The molecule has 0 bridgehead atoms. The Morgan fingerprint density at radius 1 is 0.964 bits per heavy atom. The Morgan fingerprint density at radius 3 is 2.04 bits per heavy atom. The number of hydrogen-bond donors (Lipinski definition) is 6. The van der Waals surface area contributed by atoms with E-state index in [1.54, 1.807) is 24.3 Å². The molecule has 28 heavy (non-hydrogen) atoms. The minimum atomic E-state index is -1.02. The molecule has 0 aliphatic heterocycles. The van der Waals surface area contributed by atoms with Crippen LogP contribution in [0.5, 0.6) is 0 Å². The Morgan fingerprint density at radius 2 is 1.54 bits per heavy atom. The van der Waals surface area contributed by atoms with Crippen LogP contribution in [0.2, 0.25) is 0 Å². The average molecular weight is 385 g/mol. The van der Waals surface area contributed by atoms with E-state index in [4.69, 9.17) is 16.7 Å². The number of benzene rings is 2. The largest absolute Gasteiger partial charge is 0.369 e. The summed E-state index contributed by atoms with van der Waals surface area (Å²) < 4.78 is 0. The van der Waals surface area contributed by atoms with Crippen molar-refractivity contribution in [3.05, 3.63) is 59.7 Å². The summed E-state index contributed by atoms with van der Waals surface area (Å²) in [6.45, 7) is 0.513. The van der Waals surface area contributed by atoms with Gasteiger partial charge in [0.15, 0.2) is 0 Å². The Hall–Kier alpha value is -3.27. The molecule has 0 fully saturated rings. The van der Waals surface area contributed by atoms with Crippen LogP contribution in [-0.2, 0) is 16.1 Å². The number of primary amides is 1. The predicted octanol–water partition coefficient (Wildman–Crippen LogP) is -0.509. The highest BCUT2D eigenvalue weighted by Crippen LogP contribution is 2.20. The lowest BCUT2D eigenvalue weighted by atomic mass is 10.0. The second-order valence-electron chi connectivity index (χ2n) is 6.08. The summed E-state index contributed by atoms with van der Waals surface area (Å²) in [5, 5.41) is 14.0. The first-order valence-electron chi connectivity index (χ1n) is 8.58. The van der Waals surface area contributed by atoms with E-state index in [9.17, 15) is 14.4 Å². The first-order chi connectivity index (χ1) is 13.4. The van der Waals surface area contributed by atoms with Crippen molar-refractivity contribution in [2.75, 3.05) is 13.1 Å². The van der Waals surface area contributed by atoms with Crippen LogP contribution in [-0.4, -0.2) is 42.1 Å². The maximum atomic E-state index is 12.2. The number of nitrogens with one attached hydrogen (secondary N) is 3. The molecule has 2 aromatic carbocycles. The van der Waals surface area contributed by atoms with Crippen LogP contribution in [0.4, 0.5) is 0 Å². The zero-order chi connectivity index (χ0) is 20.5. The summed E-state index contributed by atoms with van der Waals surface area (Å²) in [6.07, 6.45) is 0. The molecule has 2 rings (SSSR count). The van der Waals surface area contributed by atoms with Crippen molar-refractivity contribution in [3.8, 4) is 11.1 Å². The zero-order valence-corrected chi connectivity index (χ0v) is 15.1. The summed E-state index contributed by atoms with van der Waals surface area (Å²) in [6, 6.07) is 13.6. The van der Waals surface area contributed by atoms with Gasteiger partial charge in [0.25, 0.3) is 11.8 Å². The highest BCUT2D eigenvalue weighted by Gasteiger charge is 2.19. The fourth-order valence-corrected chi connectivity index (χ4v) is 2.51. The molecule has 0 aliphatic rings. The molecule has 9 nitrogen and oxygen atoms in total. The van der Waals surface area contributed by atoms with E-state index in [1.165, 1.54) is 5.48 Å². The monoisotopic (exact) mass is 385 g/mol. The van der Waals surface area contributed by atoms with Gasteiger partial charge in [-0.15, -0.1) is 0 Å². The van der Waals surface area contributed by atoms with Gasteiger partial charge in [-0.3, -0.25) is 19.6 Å². The Bertz CT molecular complexity index is 821. The van der Waals surface area contributed by atoms with Crippen molar-refractivity contribution in [2.24, 2.45) is 11.5 Å². The van der Waals surface area contributed by atoms with Gasteiger partial charge < -0.3 is 22.1 Å². The molecule has 1 atom stereocenters. The highest BCUT2D eigenvalue weighted by atomic mass is 16.5. The van der Waals surface area contributed by atoms with Crippen molar-refractivity contribution < 1.29 is 19.6 Å². The second-order valence-corrected chi connectivity index (χ2v) is 6.08. The maximum absolute atomic E-state index is 12.2. The number of hydrogen-bond acceptors (Lipinski definition) is 6. The molecule has 0 aliphatic carbocycles. The van der Waals surface area contributed by atoms with E-state index >= 15 is 0 Å². The molecule has 0 heterocycles. The number of rotatable bonds is 9. The summed E-state index contributed by atoms with van der Waals surface area (Å²) in [4.78, 5) is 34.3. The summed E-state index contributed by atoms with van der Waals surface area (Å²) in [7, 11) is 0. The molecule has 0 unspecified atom stereocenters. The molecule has 0 spiro atoms. The second kappa shape index (κ2) is 10.2. The van der Waals surface area contributed by atoms with Crippen LogP contribution in [0.15, 0.2) is 48.5 Å². The minimum Gasteiger partial charge on any atom is -0.369 e. The predicted molar refractivity (Wildman–Crippen MR) is 103 cm³/mol. The van der Waals surface area contributed by atoms with E-state index in [-0.39, 0.29) is 13.1 Å². The molecule has 0 radical (unpaired) electrons. The normalized spacial score (nSPS) is 11.5. The standard InChI is InChI=1S/C19H23N5O4/c20-9-16(19(27)24-28)23-18(26)15-7-5-14(6-8-15)13-3-1-12(2-4-13)10-22-11-17(21)25/h1-8,16,22,28H,9-11,20H2,(H2,21,25)(H,23,26)(H,24,27)/t16-/m0/s1. The van der Waals surface area contributed by atoms with Crippen LogP contribution >= 0.6 is 0 Å². The van der Waals surface area contributed by atoms with Crippen LogP contribution in [0, 0.1) is 0 Å². The molecule has 9 heteroatoms. The van der Waals surface area contributed by atoms with Gasteiger partial charge >= 0.3 is 0 Å². The van der Waals surface area contributed by atoms with Crippen LogP contribution in [0.25, 0.3) is 11.1 Å². The molecular formula is C19H23N5O4. The van der Waals surface area contributed by atoms with Crippen molar-refractivity contribution in [2.45, 2.75) is 12.6 Å². The van der Waals surface area contributed by atoms with Crippen molar-refractivity contribution >= 4 is 17.7 Å². The molecule has 0 aromatic heterocycles.